The van der Waals surface area contributed by atoms with E-state index in [2.05, 4.69) is 0 Å². The second kappa shape index (κ2) is 8.78. The van der Waals surface area contributed by atoms with E-state index >= 15 is 0 Å². The molecule has 2 aromatic carbocycles. The highest BCUT2D eigenvalue weighted by Gasteiger charge is 2.50. The van der Waals surface area contributed by atoms with Crippen LogP contribution < -0.4 is 9.64 Å². The Labute approximate surface area is 185 Å². The van der Waals surface area contributed by atoms with Gasteiger partial charge >= 0.3 is 5.97 Å². The summed E-state index contributed by atoms with van der Waals surface area (Å²) >= 11 is 0. The molecular weight excluding hydrogens is 410 g/mol. The number of amides is 2. The van der Waals surface area contributed by atoms with Gasteiger partial charge in [-0.15, -0.1) is 0 Å². The van der Waals surface area contributed by atoms with Gasteiger partial charge in [0.15, 0.2) is 12.4 Å². The molecule has 0 N–H and O–H groups in total. The lowest BCUT2D eigenvalue weighted by molar-refractivity contribution is -0.122. The molecule has 7 heteroatoms. The Morgan fingerprint density at radius 1 is 1.03 bits per heavy atom. The number of rotatable bonds is 6. The molecule has 1 saturated heterocycles. The van der Waals surface area contributed by atoms with Gasteiger partial charge < -0.3 is 9.47 Å². The second-order valence-electron chi connectivity index (χ2n) is 7.95. The maximum atomic E-state index is 13.0. The van der Waals surface area contributed by atoms with Crippen LogP contribution in [-0.2, 0) is 14.3 Å². The Kier molecular flexibility index (Phi) is 5.90. The van der Waals surface area contributed by atoms with Gasteiger partial charge in [-0.25, -0.2) is 4.79 Å². The predicted octanol–water partition coefficient (Wildman–Crippen LogP) is 3.44. The van der Waals surface area contributed by atoms with Crippen LogP contribution in [0.4, 0.5) is 5.69 Å². The first-order valence-electron chi connectivity index (χ1n) is 10.4. The van der Waals surface area contributed by atoms with Crippen LogP contribution in [0.3, 0.4) is 0 Å². The molecule has 32 heavy (non-hydrogen) atoms. The third kappa shape index (κ3) is 3.93. The number of carbonyl (C=O) groups is 4. The van der Waals surface area contributed by atoms with Crippen LogP contribution in [-0.4, -0.2) is 37.3 Å². The topological polar surface area (TPSA) is 90.0 Å². The fourth-order valence-corrected chi connectivity index (χ4v) is 4.25. The molecule has 3 atom stereocenters. The average Bonchev–Trinajstić information content (AvgIpc) is 3.08. The van der Waals surface area contributed by atoms with Crippen molar-refractivity contribution >= 4 is 29.3 Å². The van der Waals surface area contributed by atoms with E-state index in [0.717, 1.165) is 4.90 Å². The summed E-state index contributed by atoms with van der Waals surface area (Å²) in [7, 11) is 1.53. The van der Waals surface area contributed by atoms with Gasteiger partial charge in [-0.05, 0) is 54.8 Å². The monoisotopic (exact) mass is 433 g/mol. The first-order chi connectivity index (χ1) is 15.4. The smallest absolute Gasteiger partial charge is 0.338 e. The number of fused-ring (bicyclic) bond motifs is 1. The van der Waals surface area contributed by atoms with Crippen molar-refractivity contribution in [3.05, 3.63) is 71.8 Å². The van der Waals surface area contributed by atoms with E-state index in [0.29, 0.717) is 23.4 Å². The zero-order valence-corrected chi connectivity index (χ0v) is 17.8. The lowest BCUT2D eigenvalue weighted by Crippen LogP contribution is -2.31. The number of nitrogens with zero attached hydrogens (tertiary/aromatic N) is 1. The molecule has 1 heterocycles. The number of hydrogen-bond acceptors (Lipinski definition) is 6. The van der Waals surface area contributed by atoms with E-state index in [1.165, 1.54) is 19.2 Å². The van der Waals surface area contributed by atoms with Crippen molar-refractivity contribution in [2.45, 2.75) is 13.3 Å². The van der Waals surface area contributed by atoms with Crippen molar-refractivity contribution in [1.29, 1.82) is 0 Å². The van der Waals surface area contributed by atoms with Gasteiger partial charge in [0.05, 0.1) is 30.2 Å². The first-order valence-corrected chi connectivity index (χ1v) is 10.4. The third-order valence-electron chi connectivity index (χ3n) is 5.96. The zero-order valence-electron chi connectivity index (χ0n) is 17.8. The molecule has 7 nitrogen and oxygen atoms in total. The maximum Gasteiger partial charge on any atom is 0.338 e. The van der Waals surface area contributed by atoms with Gasteiger partial charge in [-0.3, -0.25) is 19.3 Å². The van der Waals surface area contributed by atoms with E-state index in [1.807, 2.05) is 19.1 Å². The Bertz CT molecular complexity index is 1100. The number of methoxy groups -OCH3 is 1. The minimum atomic E-state index is -0.708. The van der Waals surface area contributed by atoms with Crippen LogP contribution in [0.2, 0.25) is 0 Å². The molecular formula is C25H23NO6. The molecule has 4 rings (SSSR count). The van der Waals surface area contributed by atoms with Crippen LogP contribution in [0.5, 0.6) is 5.75 Å². The molecule has 0 radical (unpaired) electrons. The summed E-state index contributed by atoms with van der Waals surface area (Å²) in [5.74, 6) is -1.73. The highest BCUT2D eigenvalue weighted by atomic mass is 16.5. The predicted molar refractivity (Wildman–Crippen MR) is 116 cm³/mol. The SMILES string of the molecule is COc1ccc(C(=O)COC(=O)c2cccc(N3C(=O)[C@@H]4[C@H](C)C=CC[C@H]4C3=O)c2)cc1. The standard InChI is InChI=1S/C25H23NO6/c1-15-5-3-8-20-22(15)24(29)26(23(20)28)18-7-4-6-17(13-18)25(30)32-14-21(27)16-9-11-19(31-2)12-10-16/h3-7,9-13,15,20,22H,8,14H2,1-2H3/t15-,20-,22-/m1/s1. The normalized spacial score (nSPS) is 21.9. The summed E-state index contributed by atoms with van der Waals surface area (Å²) < 4.78 is 10.2. The molecule has 2 aliphatic rings. The molecule has 2 aromatic rings. The van der Waals surface area contributed by atoms with Crippen LogP contribution >= 0.6 is 0 Å². The van der Waals surface area contributed by atoms with Crippen LogP contribution in [0.15, 0.2) is 60.7 Å². The minimum absolute atomic E-state index is 0.0210. The molecule has 0 saturated carbocycles. The maximum absolute atomic E-state index is 13.0. The van der Waals surface area contributed by atoms with Crippen molar-refractivity contribution in [3.63, 3.8) is 0 Å². The fourth-order valence-electron chi connectivity index (χ4n) is 4.25. The number of ketones is 1. The number of imide groups is 1. The molecule has 0 aromatic heterocycles. The Balaban J connectivity index is 1.45. The lowest BCUT2D eigenvalue weighted by Gasteiger charge is -2.22. The van der Waals surface area contributed by atoms with E-state index < -0.39 is 12.6 Å². The van der Waals surface area contributed by atoms with E-state index in [1.54, 1.807) is 36.4 Å². The molecule has 1 aliphatic heterocycles. The summed E-state index contributed by atoms with van der Waals surface area (Å²) in [6.07, 6.45) is 4.43. The molecule has 1 fully saturated rings. The lowest BCUT2D eigenvalue weighted by atomic mass is 9.78. The number of hydrogen-bond donors (Lipinski definition) is 0. The number of allylic oxidation sites excluding steroid dienone is 2. The van der Waals surface area contributed by atoms with E-state index in [9.17, 15) is 19.2 Å². The van der Waals surface area contributed by atoms with Crippen molar-refractivity contribution in [2.75, 3.05) is 18.6 Å². The molecule has 2 amide bonds. The van der Waals surface area contributed by atoms with Crippen molar-refractivity contribution in [1.82, 2.24) is 0 Å². The quantitative estimate of drug-likeness (QED) is 0.300. The number of Topliss-reactive ketones (excluding diaryl/α,β-unsaturated/α-hetero) is 1. The summed E-state index contributed by atoms with van der Waals surface area (Å²) in [6, 6.07) is 12.7. The fraction of sp³-hybridized carbons (Fsp3) is 0.280. The van der Waals surface area contributed by atoms with E-state index in [4.69, 9.17) is 9.47 Å². The summed E-state index contributed by atoms with van der Waals surface area (Å²) in [4.78, 5) is 51.8. The van der Waals surface area contributed by atoms with Crippen LogP contribution in [0, 0.1) is 17.8 Å². The molecule has 0 unspecified atom stereocenters. The summed E-state index contributed by atoms with van der Waals surface area (Å²) in [5.41, 5.74) is 0.884. The summed E-state index contributed by atoms with van der Waals surface area (Å²) in [5, 5.41) is 0. The van der Waals surface area contributed by atoms with Crippen molar-refractivity contribution in [3.8, 4) is 5.75 Å². The number of carbonyl (C=O) groups excluding carboxylic acids is 4. The van der Waals surface area contributed by atoms with Gasteiger partial charge in [0.1, 0.15) is 5.75 Å². The first kappa shape index (κ1) is 21.5. The van der Waals surface area contributed by atoms with Crippen LogP contribution in [0.1, 0.15) is 34.1 Å². The molecule has 0 bridgehead atoms. The number of benzene rings is 2. The number of anilines is 1. The minimum Gasteiger partial charge on any atom is -0.497 e. The number of esters is 1. The highest BCUT2D eigenvalue weighted by molar-refractivity contribution is 6.22. The van der Waals surface area contributed by atoms with E-state index in [-0.39, 0.29) is 40.9 Å². The molecule has 164 valence electrons. The van der Waals surface area contributed by atoms with Gasteiger partial charge in [-0.1, -0.05) is 25.1 Å². The second-order valence-corrected chi connectivity index (χ2v) is 7.95. The van der Waals surface area contributed by atoms with Gasteiger partial charge in [0.25, 0.3) is 0 Å². The van der Waals surface area contributed by atoms with Crippen molar-refractivity contribution < 1.29 is 28.7 Å². The van der Waals surface area contributed by atoms with Crippen molar-refractivity contribution in [2.24, 2.45) is 17.8 Å². The van der Waals surface area contributed by atoms with Gasteiger partial charge in [0, 0.05) is 5.56 Å². The summed E-state index contributed by atoms with van der Waals surface area (Å²) in [6.45, 7) is 1.50. The Morgan fingerprint density at radius 3 is 2.47 bits per heavy atom. The van der Waals surface area contributed by atoms with Crippen LogP contribution in [0.25, 0.3) is 0 Å². The van der Waals surface area contributed by atoms with Gasteiger partial charge in [0.2, 0.25) is 11.8 Å². The average molecular weight is 433 g/mol. The van der Waals surface area contributed by atoms with Gasteiger partial charge in [-0.2, -0.15) is 0 Å². The molecule has 1 aliphatic carbocycles. The highest BCUT2D eigenvalue weighted by Crippen LogP contribution is 2.40. The zero-order chi connectivity index (χ0) is 22.8. The molecule has 0 spiro atoms. The third-order valence-corrected chi connectivity index (χ3v) is 5.96. The largest absolute Gasteiger partial charge is 0.497 e. The Morgan fingerprint density at radius 2 is 1.78 bits per heavy atom. The Hall–Kier alpha value is -3.74. The number of ether oxygens (including phenoxy) is 2.